The summed E-state index contributed by atoms with van der Waals surface area (Å²) >= 11 is 3.58. The van der Waals surface area contributed by atoms with E-state index in [2.05, 4.69) is 41.1 Å². The molecule has 0 heterocycles. The summed E-state index contributed by atoms with van der Waals surface area (Å²) in [6, 6.07) is 8.36. The third-order valence-corrected chi connectivity index (χ3v) is 3.49. The highest BCUT2D eigenvalue weighted by atomic mass is 79.9. The van der Waals surface area contributed by atoms with Crippen molar-refractivity contribution in [2.24, 2.45) is 5.92 Å². The second kappa shape index (κ2) is 6.89. The molecule has 0 aliphatic heterocycles. The number of alkyl halides is 1. The summed E-state index contributed by atoms with van der Waals surface area (Å²) < 4.78 is 5.22. The first-order chi connectivity index (χ1) is 7.30. The average molecular weight is 271 g/mol. The molecule has 0 radical (unpaired) electrons. The van der Waals surface area contributed by atoms with E-state index in [-0.39, 0.29) is 0 Å². The summed E-state index contributed by atoms with van der Waals surface area (Å²) in [6.45, 7) is 2.24. The van der Waals surface area contributed by atoms with Crippen LogP contribution in [0.3, 0.4) is 0 Å². The first-order valence-corrected chi connectivity index (χ1v) is 6.61. The molecule has 0 saturated carbocycles. The Morgan fingerprint density at radius 3 is 2.80 bits per heavy atom. The summed E-state index contributed by atoms with van der Waals surface area (Å²) in [6.07, 6.45) is 3.67. The smallest absolute Gasteiger partial charge is 0.119 e. The summed E-state index contributed by atoms with van der Waals surface area (Å²) in [4.78, 5) is 0. The molecule has 0 saturated heterocycles. The van der Waals surface area contributed by atoms with Crippen LogP contribution in [0.15, 0.2) is 24.3 Å². The van der Waals surface area contributed by atoms with Gasteiger partial charge >= 0.3 is 0 Å². The van der Waals surface area contributed by atoms with Gasteiger partial charge in [0.15, 0.2) is 0 Å². The van der Waals surface area contributed by atoms with Crippen molar-refractivity contribution >= 4 is 15.9 Å². The van der Waals surface area contributed by atoms with E-state index in [0.29, 0.717) is 0 Å². The van der Waals surface area contributed by atoms with Crippen molar-refractivity contribution in [1.82, 2.24) is 0 Å². The van der Waals surface area contributed by atoms with E-state index in [9.17, 15) is 0 Å². The molecular formula is C13H19BrO. The Kier molecular flexibility index (Phi) is 5.77. The largest absolute Gasteiger partial charge is 0.497 e. The van der Waals surface area contributed by atoms with Crippen LogP contribution in [0.1, 0.15) is 25.3 Å². The van der Waals surface area contributed by atoms with Crippen LogP contribution in [-0.4, -0.2) is 12.4 Å². The zero-order chi connectivity index (χ0) is 11.1. The van der Waals surface area contributed by atoms with Crippen LogP contribution >= 0.6 is 15.9 Å². The number of hydrogen-bond acceptors (Lipinski definition) is 1. The molecule has 1 aromatic carbocycles. The van der Waals surface area contributed by atoms with Gasteiger partial charge in [0.2, 0.25) is 0 Å². The fourth-order valence-electron chi connectivity index (χ4n) is 1.77. The van der Waals surface area contributed by atoms with E-state index in [4.69, 9.17) is 4.74 Å². The Morgan fingerprint density at radius 2 is 2.20 bits per heavy atom. The van der Waals surface area contributed by atoms with Crippen molar-refractivity contribution in [3.05, 3.63) is 29.8 Å². The van der Waals surface area contributed by atoms with Gasteiger partial charge in [-0.3, -0.25) is 0 Å². The first-order valence-electron chi connectivity index (χ1n) is 5.49. The first kappa shape index (κ1) is 12.6. The van der Waals surface area contributed by atoms with Crippen molar-refractivity contribution in [1.29, 1.82) is 0 Å². The molecule has 0 aliphatic carbocycles. The van der Waals surface area contributed by atoms with Crippen LogP contribution in [0, 0.1) is 5.92 Å². The van der Waals surface area contributed by atoms with Crippen LogP contribution in [0.4, 0.5) is 0 Å². The van der Waals surface area contributed by atoms with Gasteiger partial charge in [-0.25, -0.2) is 0 Å². The van der Waals surface area contributed by atoms with Gasteiger partial charge in [0.05, 0.1) is 7.11 Å². The Labute approximate surface area is 101 Å². The maximum Gasteiger partial charge on any atom is 0.119 e. The molecule has 15 heavy (non-hydrogen) atoms. The molecule has 0 bridgehead atoms. The molecule has 1 atom stereocenters. The molecule has 0 fully saturated rings. The van der Waals surface area contributed by atoms with E-state index in [1.807, 2.05) is 6.07 Å². The normalized spacial score (nSPS) is 12.5. The van der Waals surface area contributed by atoms with Gasteiger partial charge in [-0.1, -0.05) is 41.4 Å². The second-order valence-electron chi connectivity index (χ2n) is 3.86. The second-order valence-corrected chi connectivity index (χ2v) is 4.51. The lowest BCUT2D eigenvalue weighted by molar-refractivity contribution is 0.413. The van der Waals surface area contributed by atoms with E-state index >= 15 is 0 Å². The number of benzene rings is 1. The van der Waals surface area contributed by atoms with Crippen molar-refractivity contribution in [2.45, 2.75) is 26.2 Å². The van der Waals surface area contributed by atoms with Crippen LogP contribution < -0.4 is 4.74 Å². The van der Waals surface area contributed by atoms with Gasteiger partial charge in [0, 0.05) is 5.33 Å². The molecule has 0 amide bonds. The van der Waals surface area contributed by atoms with E-state index < -0.39 is 0 Å². The molecular weight excluding hydrogens is 252 g/mol. The molecule has 84 valence electrons. The highest BCUT2D eigenvalue weighted by molar-refractivity contribution is 9.09. The molecule has 1 rings (SSSR count). The number of ether oxygens (including phenoxy) is 1. The fraction of sp³-hybridized carbons (Fsp3) is 0.538. The Morgan fingerprint density at radius 1 is 1.40 bits per heavy atom. The van der Waals surface area contributed by atoms with E-state index in [1.165, 1.54) is 18.4 Å². The molecule has 0 aromatic heterocycles. The van der Waals surface area contributed by atoms with Gasteiger partial charge in [0.25, 0.3) is 0 Å². The Balaban J connectivity index is 2.61. The highest BCUT2D eigenvalue weighted by Gasteiger charge is 2.07. The standard InChI is InChI=1S/C13H19BrO/c1-3-5-12(10-14)8-11-6-4-7-13(9-11)15-2/h4,6-7,9,12H,3,5,8,10H2,1-2H3. The molecule has 1 unspecified atom stereocenters. The molecule has 1 aromatic rings. The maximum absolute atomic E-state index is 5.22. The molecule has 0 spiro atoms. The van der Waals surface area contributed by atoms with Crippen LogP contribution in [0.25, 0.3) is 0 Å². The maximum atomic E-state index is 5.22. The Bertz CT molecular complexity index is 286. The highest BCUT2D eigenvalue weighted by Crippen LogP contribution is 2.19. The van der Waals surface area contributed by atoms with Crippen LogP contribution in [0.2, 0.25) is 0 Å². The third kappa shape index (κ3) is 4.25. The van der Waals surface area contributed by atoms with Crippen molar-refractivity contribution in [3.8, 4) is 5.75 Å². The molecule has 0 N–H and O–H groups in total. The zero-order valence-electron chi connectivity index (χ0n) is 9.50. The van der Waals surface area contributed by atoms with E-state index in [1.54, 1.807) is 7.11 Å². The van der Waals surface area contributed by atoms with Gasteiger partial charge in [-0.15, -0.1) is 0 Å². The molecule has 0 aliphatic rings. The minimum absolute atomic E-state index is 0.738. The number of rotatable bonds is 6. The molecule has 1 nitrogen and oxygen atoms in total. The summed E-state index contributed by atoms with van der Waals surface area (Å²) in [5, 5.41) is 1.08. The minimum atomic E-state index is 0.738. The topological polar surface area (TPSA) is 9.23 Å². The fourth-order valence-corrected chi connectivity index (χ4v) is 2.33. The number of halogens is 1. The average Bonchev–Trinajstić information content (AvgIpc) is 2.29. The number of methoxy groups -OCH3 is 1. The lowest BCUT2D eigenvalue weighted by atomic mass is 9.97. The third-order valence-electron chi connectivity index (χ3n) is 2.57. The summed E-state index contributed by atoms with van der Waals surface area (Å²) in [5.74, 6) is 1.69. The summed E-state index contributed by atoms with van der Waals surface area (Å²) in [5.41, 5.74) is 1.37. The van der Waals surface area contributed by atoms with Crippen molar-refractivity contribution in [3.63, 3.8) is 0 Å². The van der Waals surface area contributed by atoms with Crippen molar-refractivity contribution in [2.75, 3.05) is 12.4 Å². The number of hydrogen-bond donors (Lipinski definition) is 0. The van der Waals surface area contributed by atoms with E-state index in [0.717, 1.165) is 23.4 Å². The zero-order valence-corrected chi connectivity index (χ0v) is 11.1. The van der Waals surface area contributed by atoms with Gasteiger partial charge in [-0.2, -0.15) is 0 Å². The summed E-state index contributed by atoms with van der Waals surface area (Å²) in [7, 11) is 1.72. The monoisotopic (exact) mass is 270 g/mol. The van der Waals surface area contributed by atoms with Gasteiger partial charge < -0.3 is 4.74 Å². The lowest BCUT2D eigenvalue weighted by Gasteiger charge is -2.13. The van der Waals surface area contributed by atoms with Gasteiger partial charge in [0.1, 0.15) is 5.75 Å². The van der Waals surface area contributed by atoms with Crippen LogP contribution in [-0.2, 0) is 6.42 Å². The quantitative estimate of drug-likeness (QED) is 0.709. The van der Waals surface area contributed by atoms with Gasteiger partial charge in [-0.05, 0) is 36.5 Å². The predicted octanol–water partition coefficient (Wildman–Crippen LogP) is 4.05. The Hall–Kier alpha value is -0.500. The predicted molar refractivity (Wildman–Crippen MR) is 68.9 cm³/mol. The minimum Gasteiger partial charge on any atom is -0.497 e. The molecule has 2 heteroatoms. The SMILES string of the molecule is CCCC(CBr)Cc1cccc(OC)c1. The van der Waals surface area contributed by atoms with Crippen LogP contribution in [0.5, 0.6) is 5.75 Å². The lowest BCUT2D eigenvalue weighted by Crippen LogP contribution is -2.05. The van der Waals surface area contributed by atoms with Crippen molar-refractivity contribution < 1.29 is 4.74 Å².